The van der Waals surface area contributed by atoms with Gasteiger partial charge in [-0.2, -0.15) is 0 Å². The Labute approximate surface area is 191 Å². The Morgan fingerprint density at radius 1 is 0.935 bits per heavy atom. The number of rotatable bonds is 6. The van der Waals surface area contributed by atoms with Crippen LogP contribution in [0.4, 0.5) is 5.69 Å². The van der Waals surface area contributed by atoms with Crippen molar-refractivity contribution in [2.45, 2.75) is 4.58 Å². The predicted molar refractivity (Wildman–Crippen MR) is 126 cm³/mol. The highest BCUT2D eigenvalue weighted by Gasteiger charge is 2.23. The molecule has 0 aromatic heterocycles. The van der Waals surface area contributed by atoms with Crippen LogP contribution < -0.4 is 9.64 Å². The third kappa shape index (κ3) is 5.49. The van der Waals surface area contributed by atoms with Crippen LogP contribution in [0.5, 0.6) is 5.75 Å². The predicted octanol–water partition coefficient (Wildman–Crippen LogP) is 3.68. The number of amides is 1. The SMILES string of the molecule is COc1ccc(N2CCN(C(=O)COC(=O)c3ccc(C4SCCS4)cc3)CC2)cc1. The molecule has 2 fully saturated rings. The van der Waals surface area contributed by atoms with Crippen LogP contribution in [0.1, 0.15) is 20.5 Å². The van der Waals surface area contributed by atoms with Crippen molar-refractivity contribution in [1.29, 1.82) is 0 Å². The number of ether oxygens (including phenoxy) is 2. The molecule has 2 saturated heterocycles. The number of thioether (sulfide) groups is 2. The molecule has 164 valence electrons. The third-order valence-electron chi connectivity index (χ3n) is 5.44. The summed E-state index contributed by atoms with van der Waals surface area (Å²) in [5.41, 5.74) is 2.81. The summed E-state index contributed by atoms with van der Waals surface area (Å²) >= 11 is 3.86. The molecule has 0 atom stereocenters. The molecule has 8 heteroatoms. The van der Waals surface area contributed by atoms with Gasteiger partial charge in [0.2, 0.25) is 0 Å². The Balaban J connectivity index is 1.23. The summed E-state index contributed by atoms with van der Waals surface area (Å²) in [5, 5.41) is 0. The van der Waals surface area contributed by atoms with Gasteiger partial charge in [-0.25, -0.2) is 4.79 Å². The van der Waals surface area contributed by atoms with Gasteiger partial charge in [-0.3, -0.25) is 4.79 Å². The quantitative estimate of drug-likeness (QED) is 0.612. The van der Waals surface area contributed by atoms with Crippen LogP contribution in [0, 0.1) is 0 Å². The number of anilines is 1. The molecule has 0 spiro atoms. The molecular formula is C23H26N2O4S2. The Hall–Kier alpha value is -2.32. The maximum atomic E-state index is 12.5. The van der Waals surface area contributed by atoms with Gasteiger partial charge in [-0.15, -0.1) is 23.5 Å². The van der Waals surface area contributed by atoms with E-state index in [-0.39, 0.29) is 12.5 Å². The fourth-order valence-corrected chi connectivity index (χ4v) is 6.50. The van der Waals surface area contributed by atoms with E-state index in [4.69, 9.17) is 9.47 Å². The summed E-state index contributed by atoms with van der Waals surface area (Å²) in [7, 11) is 1.65. The summed E-state index contributed by atoms with van der Waals surface area (Å²) in [6, 6.07) is 15.4. The first-order valence-corrected chi connectivity index (χ1v) is 12.4. The fraction of sp³-hybridized carbons (Fsp3) is 0.391. The van der Waals surface area contributed by atoms with Gasteiger partial charge < -0.3 is 19.3 Å². The smallest absolute Gasteiger partial charge is 0.338 e. The van der Waals surface area contributed by atoms with Crippen LogP contribution >= 0.6 is 23.5 Å². The van der Waals surface area contributed by atoms with Gasteiger partial charge in [0.05, 0.1) is 17.3 Å². The van der Waals surface area contributed by atoms with E-state index in [0.29, 0.717) is 23.2 Å². The number of methoxy groups -OCH3 is 1. The number of nitrogens with zero attached hydrogens (tertiary/aromatic N) is 2. The number of piperazine rings is 1. The summed E-state index contributed by atoms with van der Waals surface area (Å²) in [5.74, 6) is 2.54. The first-order valence-electron chi connectivity index (χ1n) is 10.3. The molecule has 0 bridgehead atoms. The molecule has 1 amide bonds. The maximum absolute atomic E-state index is 12.5. The zero-order valence-corrected chi connectivity index (χ0v) is 19.1. The molecule has 2 aromatic rings. The van der Waals surface area contributed by atoms with Crippen molar-refractivity contribution >= 4 is 41.1 Å². The van der Waals surface area contributed by atoms with Crippen molar-refractivity contribution in [1.82, 2.24) is 4.90 Å². The van der Waals surface area contributed by atoms with Crippen LogP contribution in [-0.2, 0) is 9.53 Å². The number of hydrogen-bond donors (Lipinski definition) is 0. The van der Waals surface area contributed by atoms with E-state index in [2.05, 4.69) is 4.90 Å². The van der Waals surface area contributed by atoms with Gasteiger partial charge >= 0.3 is 5.97 Å². The molecule has 0 unspecified atom stereocenters. The molecule has 0 N–H and O–H groups in total. The molecule has 2 heterocycles. The van der Waals surface area contributed by atoms with Crippen molar-refractivity contribution in [3.63, 3.8) is 0 Å². The van der Waals surface area contributed by atoms with Gasteiger partial charge in [-0.05, 0) is 42.0 Å². The van der Waals surface area contributed by atoms with Crippen molar-refractivity contribution in [3.05, 3.63) is 59.7 Å². The Morgan fingerprint density at radius 3 is 2.19 bits per heavy atom. The minimum absolute atomic E-state index is 0.155. The summed E-state index contributed by atoms with van der Waals surface area (Å²) < 4.78 is 10.9. The fourth-order valence-electron chi connectivity index (χ4n) is 3.64. The largest absolute Gasteiger partial charge is 0.497 e. The normalized spacial score (nSPS) is 16.9. The molecule has 0 radical (unpaired) electrons. The van der Waals surface area contributed by atoms with Crippen molar-refractivity contribution in [2.75, 3.05) is 56.3 Å². The number of hydrogen-bond acceptors (Lipinski definition) is 7. The van der Waals surface area contributed by atoms with Crippen molar-refractivity contribution < 1.29 is 19.1 Å². The van der Waals surface area contributed by atoms with Crippen LogP contribution in [0.3, 0.4) is 0 Å². The van der Waals surface area contributed by atoms with Crippen LogP contribution in [0.15, 0.2) is 48.5 Å². The van der Waals surface area contributed by atoms with E-state index < -0.39 is 5.97 Å². The first-order chi connectivity index (χ1) is 15.1. The van der Waals surface area contributed by atoms with E-state index >= 15 is 0 Å². The molecule has 2 aliphatic heterocycles. The summed E-state index contributed by atoms with van der Waals surface area (Å²) in [4.78, 5) is 28.8. The lowest BCUT2D eigenvalue weighted by Crippen LogP contribution is -2.49. The average Bonchev–Trinajstić information content (AvgIpc) is 3.38. The standard InChI is InChI=1S/C23H26N2O4S2/c1-28-20-8-6-19(7-9-20)24-10-12-25(13-11-24)21(26)16-29-22(27)17-2-4-18(5-3-17)23-30-14-15-31-23/h2-9,23H,10-16H2,1H3. The van der Waals surface area contributed by atoms with E-state index in [1.165, 1.54) is 5.56 Å². The molecule has 31 heavy (non-hydrogen) atoms. The lowest BCUT2D eigenvalue weighted by molar-refractivity contribution is -0.134. The number of esters is 1. The third-order valence-corrected chi connectivity index (χ3v) is 8.54. The van der Waals surface area contributed by atoms with Crippen LogP contribution in [0.2, 0.25) is 0 Å². The molecule has 0 saturated carbocycles. The lowest BCUT2D eigenvalue weighted by Gasteiger charge is -2.36. The summed E-state index contributed by atoms with van der Waals surface area (Å²) in [6.45, 7) is 2.47. The minimum Gasteiger partial charge on any atom is -0.497 e. The molecule has 6 nitrogen and oxygen atoms in total. The minimum atomic E-state index is -0.455. The second kappa shape index (κ2) is 10.3. The zero-order valence-electron chi connectivity index (χ0n) is 17.5. The van der Waals surface area contributed by atoms with Gasteiger partial charge in [0.1, 0.15) is 5.75 Å². The van der Waals surface area contributed by atoms with E-state index in [1.807, 2.05) is 59.9 Å². The zero-order chi connectivity index (χ0) is 21.6. The van der Waals surface area contributed by atoms with Crippen LogP contribution in [-0.4, -0.2) is 68.2 Å². The highest BCUT2D eigenvalue weighted by atomic mass is 32.2. The first kappa shape index (κ1) is 21.9. The van der Waals surface area contributed by atoms with Gasteiger partial charge in [-0.1, -0.05) is 12.1 Å². The van der Waals surface area contributed by atoms with E-state index in [1.54, 1.807) is 24.1 Å². The number of carbonyl (C=O) groups is 2. The Bertz CT molecular complexity index is 891. The van der Waals surface area contributed by atoms with E-state index in [9.17, 15) is 9.59 Å². The van der Waals surface area contributed by atoms with Crippen molar-refractivity contribution in [2.24, 2.45) is 0 Å². The Morgan fingerprint density at radius 2 is 1.58 bits per heavy atom. The molecular weight excluding hydrogens is 432 g/mol. The lowest BCUT2D eigenvalue weighted by atomic mass is 10.1. The average molecular weight is 459 g/mol. The summed E-state index contributed by atoms with van der Waals surface area (Å²) in [6.07, 6.45) is 0. The van der Waals surface area contributed by atoms with E-state index in [0.717, 1.165) is 36.0 Å². The van der Waals surface area contributed by atoms with Crippen molar-refractivity contribution in [3.8, 4) is 5.75 Å². The van der Waals surface area contributed by atoms with Gasteiger partial charge in [0.15, 0.2) is 6.61 Å². The molecule has 2 aliphatic rings. The molecule has 0 aliphatic carbocycles. The highest BCUT2D eigenvalue weighted by molar-refractivity contribution is 8.19. The van der Waals surface area contributed by atoms with Gasteiger partial charge in [0, 0.05) is 43.4 Å². The maximum Gasteiger partial charge on any atom is 0.338 e. The van der Waals surface area contributed by atoms with Crippen LogP contribution in [0.25, 0.3) is 0 Å². The highest BCUT2D eigenvalue weighted by Crippen LogP contribution is 2.45. The second-order valence-electron chi connectivity index (χ2n) is 7.34. The Kier molecular flexibility index (Phi) is 7.29. The number of benzene rings is 2. The molecule has 2 aromatic carbocycles. The topological polar surface area (TPSA) is 59.1 Å². The second-order valence-corrected chi connectivity index (χ2v) is 10.1. The van der Waals surface area contributed by atoms with Gasteiger partial charge in [0.25, 0.3) is 5.91 Å². The molecule has 4 rings (SSSR count). The monoisotopic (exact) mass is 458 g/mol. The number of carbonyl (C=O) groups excluding carboxylic acids is 2.